The maximum absolute atomic E-state index is 12.6. The van der Waals surface area contributed by atoms with Crippen LogP contribution in [-0.4, -0.2) is 41.1 Å². The molecule has 1 saturated carbocycles. The first-order chi connectivity index (χ1) is 11.3. The molecule has 1 amide bonds. The molecule has 5 heteroatoms. The second kappa shape index (κ2) is 6.57. The third-order valence-electron chi connectivity index (χ3n) is 4.92. The lowest BCUT2D eigenvalue weighted by molar-refractivity contribution is -0.144. The number of thiazole rings is 1. The van der Waals surface area contributed by atoms with Crippen LogP contribution in [0.3, 0.4) is 0 Å². The summed E-state index contributed by atoms with van der Waals surface area (Å²) in [5.41, 5.74) is 1.07. The zero-order chi connectivity index (χ0) is 15.6. The monoisotopic (exact) mass is 330 g/mol. The summed E-state index contributed by atoms with van der Waals surface area (Å²) in [5.74, 6) is 0.298. The van der Waals surface area contributed by atoms with Crippen molar-refractivity contribution < 1.29 is 9.53 Å². The van der Waals surface area contributed by atoms with E-state index >= 15 is 0 Å². The topological polar surface area (TPSA) is 42.4 Å². The van der Waals surface area contributed by atoms with E-state index in [0.717, 1.165) is 42.8 Å². The highest BCUT2D eigenvalue weighted by atomic mass is 32.1. The Bertz CT molecular complexity index is 666. The Hall–Kier alpha value is -1.46. The third-order valence-corrected chi connectivity index (χ3v) is 6.02. The molecule has 2 aliphatic rings. The average molecular weight is 330 g/mol. The first-order valence-electron chi connectivity index (χ1n) is 8.57. The number of hydrogen-bond acceptors (Lipinski definition) is 4. The fourth-order valence-corrected chi connectivity index (χ4v) is 4.81. The van der Waals surface area contributed by atoms with Gasteiger partial charge < -0.3 is 9.64 Å². The Morgan fingerprint density at radius 3 is 3.17 bits per heavy atom. The van der Waals surface area contributed by atoms with E-state index in [4.69, 9.17) is 4.74 Å². The van der Waals surface area contributed by atoms with Crippen LogP contribution < -0.4 is 0 Å². The van der Waals surface area contributed by atoms with Crippen LogP contribution in [0.5, 0.6) is 0 Å². The number of fused-ring (bicyclic) bond motifs is 2. The number of aryl methyl sites for hydroxylation is 1. The molecule has 2 heterocycles. The molecule has 0 spiro atoms. The number of nitrogens with zero attached hydrogens (tertiary/aromatic N) is 2. The highest BCUT2D eigenvalue weighted by molar-refractivity contribution is 7.18. The number of benzene rings is 1. The molecule has 4 nitrogen and oxygen atoms in total. The molecule has 1 aliphatic heterocycles. The number of carbonyl (C=O) groups is 1. The number of carbonyl (C=O) groups excluding carboxylic acids is 1. The maximum Gasteiger partial charge on any atom is 0.222 e. The van der Waals surface area contributed by atoms with Crippen molar-refractivity contribution in [2.75, 3.05) is 13.2 Å². The molecule has 0 bridgehead atoms. The molecule has 1 aromatic heterocycles. The molecule has 23 heavy (non-hydrogen) atoms. The van der Waals surface area contributed by atoms with Crippen LogP contribution in [0.1, 0.15) is 37.1 Å². The van der Waals surface area contributed by atoms with E-state index in [-0.39, 0.29) is 6.10 Å². The lowest BCUT2D eigenvalue weighted by Crippen LogP contribution is -2.51. The number of aromatic nitrogens is 1. The summed E-state index contributed by atoms with van der Waals surface area (Å²) in [6, 6.07) is 8.55. The molecule has 1 aromatic carbocycles. The highest BCUT2D eigenvalue weighted by Gasteiger charge is 2.37. The predicted molar refractivity (Wildman–Crippen MR) is 91.7 cm³/mol. The number of ether oxygens (including phenoxy) is 1. The normalized spacial score (nSPS) is 24.1. The van der Waals surface area contributed by atoms with Crippen LogP contribution in [0.4, 0.5) is 0 Å². The number of para-hydroxylation sites is 1. The largest absolute Gasteiger partial charge is 0.374 e. The fourth-order valence-electron chi connectivity index (χ4n) is 3.80. The molecular weight excluding hydrogens is 308 g/mol. The number of hydrogen-bond donors (Lipinski definition) is 0. The van der Waals surface area contributed by atoms with E-state index in [2.05, 4.69) is 22.0 Å². The first-order valence-corrected chi connectivity index (χ1v) is 9.38. The lowest BCUT2D eigenvalue weighted by Gasteiger charge is -2.37. The summed E-state index contributed by atoms with van der Waals surface area (Å²) >= 11 is 1.74. The minimum atomic E-state index is 0.289. The van der Waals surface area contributed by atoms with Gasteiger partial charge in [-0.1, -0.05) is 12.1 Å². The van der Waals surface area contributed by atoms with Gasteiger partial charge in [-0.3, -0.25) is 4.79 Å². The smallest absolute Gasteiger partial charge is 0.222 e. The SMILES string of the molecule is O=C(CCCc1nc2ccccc2s1)N1CCO[C@@H]2CCC[C@@H]21. The van der Waals surface area contributed by atoms with Gasteiger partial charge in [0.2, 0.25) is 5.91 Å². The van der Waals surface area contributed by atoms with E-state index in [1.807, 2.05) is 12.1 Å². The third kappa shape index (κ3) is 3.12. The number of amides is 1. The summed E-state index contributed by atoms with van der Waals surface area (Å²) in [5, 5.41) is 1.14. The molecular formula is C18H22N2O2S. The molecule has 2 fully saturated rings. The maximum atomic E-state index is 12.6. The highest BCUT2D eigenvalue weighted by Crippen LogP contribution is 2.30. The molecule has 1 aliphatic carbocycles. The van der Waals surface area contributed by atoms with E-state index in [0.29, 0.717) is 25.0 Å². The second-order valence-corrected chi connectivity index (χ2v) is 7.54. The molecule has 2 aromatic rings. The van der Waals surface area contributed by atoms with Gasteiger partial charge in [0.15, 0.2) is 0 Å². The van der Waals surface area contributed by atoms with Gasteiger partial charge in [0.05, 0.1) is 34.0 Å². The Morgan fingerprint density at radius 2 is 2.26 bits per heavy atom. The summed E-state index contributed by atoms with van der Waals surface area (Å²) in [7, 11) is 0. The lowest BCUT2D eigenvalue weighted by atomic mass is 10.1. The standard InChI is InChI=1S/C18H22N2O2S/c21-18(20-11-12-22-15-7-3-6-14(15)20)10-4-9-17-19-13-5-1-2-8-16(13)23-17/h1-2,5,8,14-15H,3-4,6-7,9-12H2/t14-,15+/m0/s1. The number of morpholine rings is 1. The van der Waals surface area contributed by atoms with Gasteiger partial charge in [-0.15, -0.1) is 11.3 Å². The first kappa shape index (κ1) is 15.1. The Labute approximate surface area is 140 Å². The van der Waals surface area contributed by atoms with Crippen LogP contribution in [0, 0.1) is 0 Å². The van der Waals surface area contributed by atoms with Gasteiger partial charge in [-0.25, -0.2) is 4.98 Å². The summed E-state index contributed by atoms with van der Waals surface area (Å²) < 4.78 is 7.02. The van der Waals surface area contributed by atoms with Crippen LogP contribution in [0.2, 0.25) is 0 Å². The predicted octanol–water partition coefficient (Wildman–Crippen LogP) is 3.40. The fraction of sp³-hybridized carbons (Fsp3) is 0.556. The Balaban J connectivity index is 1.32. The van der Waals surface area contributed by atoms with Crippen LogP contribution in [0.25, 0.3) is 10.2 Å². The molecule has 0 N–H and O–H groups in total. The minimum Gasteiger partial charge on any atom is -0.374 e. The zero-order valence-electron chi connectivity index (χ0n) is 13.2. The molecule has 0 unspecified atom stereocenters. The minimum absolute atomic E-state index is 0.289. The zero-order valence-corrected chi connectivity index (χ0v) is 14.1. The summed E-state index contributed by atoms with van der Waals surface area (Å²) in [6.07, 6.45) is 6.09. The van der Waals surface area contributed by atoms with Crippen molar-refractivity contribution in [3.8, 4) is 0 Å². The summed E-state index contributed by atoms with van der Waals surface area (Å²) in [4.78, 5) is 19.3. The van der Waals surface area contributed by atoms with Gasteiger partial charge in [-0.2, -0.15) is 0 Å². The van der Waals surface area contributed by atoms with E-state index in [9.17, 15) is 4.79 Å². The van der Waals surface area contributed by atoms with Crippen LogP contribution >= 0.6 is 11.3 Å². The van der Waals surface area contributed by atoms with Gasteiger partial charge in [0.1, 0.15) is 0 Å². The van der Waals surface area contributed by atoms with Crippen molar-refractivity contribution >= 4 is 27.5 Å². The van der Waals surface area contributed by atoms with Crippen molar-refractivity contribution in [1.82, 2.24) is 9.88 Å². The number of rotatable bonds is 4. The Kier molecular flexibility index (Phi) is 4.31. The van der Waals surface area contributed by atoms with Crippen molar-refractivity contribution in [2.24, 2.45) is 0 Å². The van der Waals surface area contributed by atoms with Gasteiger partial charge in [0.25, 0.3) is 0 Å². The quantitative estimate of drug-likeness (QED) is 0.863. The van der Waals surface area contributed by atoms with Crippen molar-refractivity contribution in [3.05, 3.63) is 29.3 Å². The molecule has 4 rings (SSSR count). The molecule has 0 radical (unpaired) electrons. The van der Waals surface area contributed by atoms with Crippen molar-refractivity contribution in [3.63, 3.8) is 0 Å². The Morgan fingerprint density at radius 1 is 1.35 bits per heavy atom. The van der Waals surface area contributed by atoms with Gasteiger partial charge >= 0.3 is 0 Å². The van der Waals surface area contributed by atoms with Crippen LogP contribution in [-0.2, 0) is 16.0 Å². The van der Waals surface area contributed by atoms with Gasteiger partial charge in [0, 0.05) is 13.0 Å². The molecule has 2 atom stereocenters. The van der Waals surface area contributed by atoms with Crippen molar-refractivity contribution in [2.45, 2.75) is 50.7 Å². The van der Waals surface area contributed by atoms with E-state index < -0.39 is 0 Å². The van der Waals surface area contributed by atoms with Gasteiger partial charge in [-0.05, 0) is 44.2 Å². The van der Waals surface area contributed by atoms with Crippen LogP contribution in [0.15, 0.2) is 24.3 Å². The summed E-state index contributed by atoms with van der Waals surface area (Å²) in [6.45, 7) is 1.46. The van der Waals surface area contributed by atoms with E-state index in [1.165, 1.54) is 11.1 Å². The van der Waals surface area contributed by atoms with E-state index in [1.54, 1.807) is 11.3 Å². The van der Waals surface area contributed by atoms with Crippen molar-refractivity contribution in [1.29, 1.82) is 0 Å². The molecule has 122 valence electrons. The average Bonchev–Trinajstić information content (AvgIpc) is 3.20. The second-order valence-electron chi connectivity index (χ2n) is 6.42. The molecule has 1 saturated heterocycles.